The lowest BCUT2D eigenvalue weighted by Gasteiger charge is -2.13. The molecular weight excluding hydrogens is 240 g/mol. The first-order chi connectivity index (χ1) is 9.28. The molecule has 0 radical (unpaired) electrons. The fraction of sp³-hybridized carbons (Fsp3) is 0.600. The highest BCUT2D eigenvalue weighted by Gasteiger charge is 2.14. The van der Waals surface area contributed by atoms with E-state index in [0.717, 1.165) is 49.7 Å². The van der Waals surface area contributed by atoms with Crippen molar-refractivity contribution in [1.82, 2.24) is 0 Å². The van der Waals surface area contributed by atoms with E-state index >= 15 is 0 Å². The van der Waals surface area contributed by atoms with Gasteiger partial charge in [0.15, 0.2) is 0 Å². The molecule has 2 rings (SSSR count). The molecule has 1 aliphatic heterocycles. The summed E-state index contributed by atoms with van der Waals surface area (Å²) < 4.78 is 11.2. The third-order valence-electron chi connectivity index (χ3n) is 3.22. The zero-order chi connectivity index (χ0) is 13.5. The molecule has 0 amide bonds. The van der Waals surface area contributed by atoms with Crippen LogP contribution < -0.4 is 15.8 Å². The van der Waals surface area contributed by atoms with Crippen molar-refractivity contribution < 1.29 is 9.47 Å². The number of nitrogens with one attached hydrogen (secondary N) is 1. The van der Waals surface area contributed by atoms with Gasteiger partial charge in [0.25, 0.3) is 0 Å². The van der Waals surface area contributed by atoms with Gasteiger partial charge in [0.1, 0.15) is 5.75 Å². The van der Waals surface area contributed by atoms with Crippen LogP contribution in [-0.2, 0) is 4.74 Å². The molecule has 0 aliphatic carbocycles. The topological polar surface area (TPSA) is 56.5 Å². The summed E-state index contributed by atoms with van der Waals surface area (Å²) in [6, 6.07) is 5.80. The van der Waals surface area contributed by atoms with Crippen LogP contribution in [0.4, 0.5) is 11.4 Å². The van der Waals surface area contributed by atoms with E-state index in [4.69, 9.17) is 15.2 Å². The van der Waals surface area contributed by atoms with Crippen LogP contribution in [0.3, 0.4) is 0 Å². The second-order valence-electron chi connectivity index (χ2n) is 4.99. The van der Waals surface area contributed by atoms with Crippen molar-refractivity contribution in [3.05, 3.63) is 18.2 Å². The number of nitrogen functional groups attached to an aromatic ring is 1. The molecule has 0 aromatic heterocycles. The Morgan fingerprint density at radius 2 is 2.32 bits per heavy atom. The Balaban J connectivity index is 1.82. The normalized spacial score (nSPS) is 18.5. The summed E-state index contributed by atoms with van der Waals surface area (Å²) >= 11 is 0. The van der Waals surface area contributed by atoms with E-state index in [1.807, 2.05) is 18.2 Å². The highest BCUT2D eigenvalue weighted by molar-refractivity contribution is 5.59. The molecule has 1 fully saturated rings. The molecule has 4 nitrogen and oxygen atoms in total. The Morgan fingerprint density at radius 3 is 3.05 bits per heavy atom. The summed E-state index contributed by atoms with van der Waals surface area (Å²) in [6.07, 6.45) is 4.84. The van der Waals surface area contributed by atoms with Crippen LogP contribution >= 0.6 is 0 Å². The Labute approximate surface area is 115 Å². The highest BCUT2D eigenvalue weighted by atomic mass is 16.5. The standard InChI is InChI=1S/C15H24N2O2/c1-2-7-18-15-10-12(16)9-13(11-15)17-6-5-14-4-3-8-19-14/h9-11,14,17H,2-8,16H2,1H3. The Hall–Kier alpha value is -1.42. The van der Waals surface area contributed by atoms with Gasteiger partial charge in [-0.2, -0.15) is 0 Å². The SMILES string of the molecule is CCCOc1cc(N)cc(NCCC2CCCO2)c1. The number of benzene rings is 1. The van der Waals surface area contributed by atoms with E-state index in [-0.39, 0.29) is 0 Å². The van der Waals surface area contributed by atoms with Crippen molar-refractivity contribution in [2.45, 2.75) is 38.7 Å². The minimum absolute atomic E-state index is 0.421. The fourth-order valence-electron chi connectivity index (χ4n) is 2.28. The first kappa shape index (κ1) is 14.0. The summed E-state index contributed by atoms with van der Waals surface area (Å²) in [6.45, 7) is 4.63. The van der Waals surface area contributed by atoms with E-state index in [2.05, 4.69) is 12.2 Å². The lowest BCUT2D eigenvalue weighted by atomic mass is 10.2. The van der Waals surface area contributed by atoms with Gasteiger partial charge in [0.2, 0.25) is 0 Å². The maximum Gasteiger partial charge on any atom is 0.123 e. The summed E-state index contributed by atoms with van der Waals surface area (Å²) in [4.78, 5) is 0. The summed E-state index contributed by atoms with van der Waals surface area (Å²) in [5, 5.41) is 3.39. The number of hydrogen-bond acceptors (Lipinski definition) is 4. The third kappa shape index (κ3) is 4.63. The minimum Gasteiger partial charge on any atom is -0.493 e. The van der Waals surface area contributed by atoms with Gasteiger partial charge in [-0.05, 0) is 31.7 Å². The molecule has 4 heteroatoms. The quantitative estimate of drug-likeness (QED) is 0.743. The molecule has 1 heterocycles. The second kappa shape index (κ2) is 7.24. The first-order valence-electron chi connectivity index (χ1n) is 7.17. The average molecular weight is 264 g/mol. The molecule has 0 saturated carbocycles. The zero-order valence-corrected chi connectivity index (χ0v) is 11.7. The van der Waals surface area contributed by atoms with E-state index in [9.17, 15) is 0 Å². The van der Waals surface area contributed by atoms with E-state index in [0.29, 0.717) is 6.10 Å². The smallest absolute Gasteiger partial charge is 0.123 e. The molecule has 1 aliphatic rings. The van der Waals surface area contributed by atoms with Gasteiger partial charge < -0.3 is 20.5 Å². The molecule has 0 spiro atoms. The number of ether oxygens (including phenoxy) is 2. The van der Waals surface area contributed by atoms with Crippen LogP contribution in [-0.4, -0.2) is 25.9 Å². The zero-order valence-electron chi connectivity index (χ0n) is 11.7. The summed E-state index contributed by atoms with van der Waals surface area (Å²) in [5.41, 5.74) is 7.63. The van der Waals surface area contributed by atoms with Crippen molar-refractivity contribution in [2.24, 2.45) is 0 Å². The Bertz CT molecular complexity index is 390. The molecule has 1 saturated heterocycles. The average Bonchev–Trinajstić information content (AvgIpc) is 2.89. The van der Waals surface area contributed by atoms with Gasteiger partial charge in [-0.15, -0.1) is 0 Å². The van der Waals surface area contributed by atoms with Gasteiger partial charge >= 0.3 is 0 Å². The molecule has 3 N–H and O–H groups in total. The number of rotatable bonds is 7. The fourth-order valence-corrected chi connectivity index (χ4v) is 2.28. The molecule has 106 valence electrons. The predicted molar refractivity (Wildman–Crippen MR) is 78.7 cm³/mol. The number of nitrogens with two attached hydrogens (primary N) is 1. The summed E-state index contributed by atoms with van der Waals surface area (Å²) in [7, 11) is 0. The van der Waals surface area contributed by atoms with Crippen LogP contribution in [0.15, 0.2) is 18.2 Å². The Morgan fingerprint density at radius 1 is 1.42 bits per heavy atom. The molecule has 0 bridgehead atoms. The molecule has 1 atom stereocenters. The van der Waals surface area contributed by atoms with Crippen LogP contribution in [0.25, 0.3) is 0 Å². The van der Waals surface area contributed by atoms with Crippen molar-refractivity contribution in [2.75, 3.05) is 30.8 Å². The monoisotopic (exact) mass is 264 g/mol. The maximum atomic E-state index is 5.88. The molecule has 1 aromatic rings. The second-order valence-corrected chi connectivity index (χ2v) is 4.99. The van der Waals surface area contributed by atoms with E-state index in [1.54, 1.807) is 0 Å². The Kier molecular flexibility index (Phi) is 5.33. The van der Waals surface area contributed by atoms with E-state index < -0.39 is 0 Å². The van der Waals surface area contributed by atoms with E-state index in [1.165, 1.54) is 12.8 Å². The van der Waals surface area contributed by atoms with Crippen LogP contribution in [0.1, 0.15) is 32.6 Å². The van der Waals surface area contributed by atoms with Gasteiger partial charge in [-0.3, -0.25) is 0 Å². The van der Waals surface area contributed by atoms with Gasteiger partial charge in [0, 0.05) is 36.7 Å². The number of hydrogen-bond donors (Lipinski definition) is 2. The lowest BCUT2D eigenvalue weighted by Crippen LogP contribution is -2.12. The predicted octanol–water partition coefficient (Wildman–Crippen LogP) is 3.04. The molecule has 1 aromatic carbocycles. The highest BCUT2D eigenvalue weighted by Crippen LogP contribution is 2.23. The maximum absolute atomic E-state index is 5.88. The first-order valence-corrected chi connectivity index (χ1v) is 7.17. The van der Waals surface area contributed by atoms with Crippen LogP contribution in [0.5, 0.6) is 5.75 Å². The van der Waals surface area contributed by atoms with Crippen molar-refractivity contribution >= 4 is 11.4 Å². The van der Waals surface area contributed by atoms with Gasteiger partial charge in [-0.25, -0.2) is 0 Å². The molecule has 19 heavy (non-hydrogen) atoms. The third-order valence-corrected chi connectivity index (χ3v) is 3.22. The molecular formula is C15H24N2O2. The van der Waals surface area contributed by atoms with Crippen LogP contribution in [0.2, 0.25) is 0 Å². The number of anilines is 2. The van der Waals surface area contributed by atoms with Crippen molar-refractivity contribution in [1.29, 1.82) is 0 Å². The largest absolute Gasteiger partial charge is 0.493 e. The summed E-state index contributed by atoms with van der Waals surface area (Å²) in [5.74, 6) is 0.835. The van der Waals surface area contributed by atoms with Crippen molar-refractivity contribution in [3.8, 4) is 5.75 Å². The van der Waals surface area contributed by atoms with Crippen molar-refractivity contribution in [3.63, 3.8) is 0 Å². The van der Waals surface area contributed by atoms with Gasteiger partial charge in [0.05, 0.1) is 12.7 Å². The molecule has 1 unspecified atom stereocenters. The van der Waals surface area contributed by atoms with Crippen LogP contribution in [0, 0.1) is 0 Å². The van der Waals surface area contributed by atoms with Gasteiger partial charge in [-0.1, -0.05) is 6.92 Å². The minimum atomic E-state index is 0.421. The lowest BCUT2D eigenvalue weighted by molar-refractivity contribution is 0.107.